The average Bonchev–Trinajstić information content (AvgIpc) is 2.47. The smallest absolute Gasteiger partial charge is 0.380 e. The number of nitrogens with one attached hydrogen (secondary N) is 1. The van der Waals surface area contributed by atoms with Gasteiger partial charge in [0.2, 0.25) is 0 Å². The molecule has 0 spiro atoms. The van der Waals surface area contributed by atoms with E-state index in [1.165, 1.54) is 0 Å². The molecule has 0 aliphatic heterocycles. The van der Waals surface area contributed by atoms with Crippen molar-refractivity contribution in [3.05, 3.63) is 36.4 Å². The Kier molecular flexibility index (Phi) is 7.43. The van der Waals surface area contributed by atoms with Crippen LogP contribution >= 0.6 is 0 Å². The van der Waals surface area contributed by atoms with E-state index in [0.717, 1.165) is 17.7 Å². The van der Waals surface area contributed by atoms with E-state index in [1.807, 2.05) is 30.3 Å². The molecule has 1 aromatic carbocycles. The van der Waals surface area contributed by atoms with E-state index in [-0.39, 0.29) is 6.04 Å². The molecule has 1 unspecified atom stereocenters. The van der Waals surface area contributed by atoms with Gasteiger partial charge in [0.15, 0.2) is 0 Å². The quantitative estimate of drug-likeness (QED) is 0.706. The molecular formula is C14H22NO3Si. The minimum Gasteiger partial charge on any atom is -0.380 e. The molecule has 19 heavy (non-hydrogen) atoms. The molecule has 0 heterocycles. The summed E-state index contributed by atoms with van der Waals surface area (Å²) in [5.74, 6) is 0. The van der Waals surface area contributed by atoms with Crippen molar-refractivity contribution in [3.8, 4) is 0 Å². The minimum absolute atomic E-state index is 0.236. The summed E-state index contributed by atoms with van der Waals surface area (Å²) in [7, 11) is 1.61. The Bertz CT molecular complexity index is 365. The second kappa shape index (κ2) is 8.87. The Hall–Kier alpha value is -1.14. The molecule has 0 bridgehead atoms. The van der Waals surface area contributed by atoms with Gasteiger partial charge in [0, 0.05) is 25.9 Å². The maximum absolute atomic E-state index is 5.59. The maximum atomic E-state index is 5.59. The van der Waals surface area contributed by atoms with E-state index in [1.54, 1.807) is 14.2 Å². The second-order valence-corrected chi connectivity index (χ2v) is 5.65. The van der Waals surface area contributed by atoms with Crippen LogP contribution in [-0.2, 0) is 13.3 Å². The van der Waals surface area contributed by atoms with Crippen LogP contribution in [0.4, 0.5) is 5.69 Å². The highest BCUT2D eigenvalue weighted by Crippen LogP contribution is 2.13. The zero-order valence-electron chi connectivity index (χ0n) is 11.8. The summed E-state index contributed by atoms with van der Waals surface area (Å²) in [4.78, 5) is 0. The first-order valence-corrected chi connectivity index (χ1v) is 7.52. The van der Waals surface area contributed by atoms with Crippen LogP contribution < -0.4 is 5.32 Å². The molecule has 1 N–H and O–H groups in total. The minimum atomic E-state index is -1.58. The number of anilines is 1. The molecule has 1 radical (unpaired) electrons. The van der Waals surface area contributed by atoms with Gasteiger partial charge in [0.1, 0.15) is 0 Å². The van der Waals surface area contributed by atoms with E-state index in [2.05, 4.69) is 18.8 Å². The molecule has 0 fully saturated rings. The van der Waals surface area contributed by atoms with Crippen molar-refractivity contribution in [3.63, 3.8) is 0 Å². The topological polar surface area (TPSA) is 39.7 Å². The first kappa shape index (κ1) is 15.9. The number of hydrogen-bond acceptors (Lipinski definition) is 4. The Morgan fingerprint density at radius 1 is 1.26 bits per heavy atom. The van der Waals surface area contributed by atoms with Gasteiger partial charge in [-0.2, -0.15) is 0 Å². The summed E-state index contributed by atoms with van der Waals surface area (Å²) in [6, 6.07) is 8.38. The first-order valence-electron chi connectivity index (χ1n) is 6.30. The van der Waals surface area contributed by atoms with Gasteiger partial charge in [-0.15, -0.1) is 0 Å². The lowest BCUT2D eigenvalue weighted by atomic mass is 10.2. The first-order chi connectivity index (χ1) is 9.23. The molecule has 105 valence electrons. The van der Waals surface area contributed by atoms with Gasteiger partial charge in [-0.25, -0.2) is 0 Å². The molecule has 0 aromatic heterocycles. The molecule has 1 aromatic rings. The highest BCUT2D eigenvalue weighted by atomic mass is 28.3. The summed E-state index contributed by atoms with van der Waals surface area (Å²) in [6.07, 6.45) is 2.79. The maximum Gasteiger partial charge on any atom is 0.577 e. The molecular weight excluding hydrogens is 258 g/mol. The van der Waals surface area contributed by atoms with Gasteiger partial charge in [0.05, 0.1) is 6.61 Å². The molecule has 0 aliphatic rings. The lowest BCUT2D eigenvalue weighted by Crippen LogP contribution is -2.32. The van der Waals surface area contributed by atoms with Gasteiger partial charge in [-0.1, -0.05) is 31.7 Å². The highest BCUT2D eigenvalue weighted by Gasteiger charge is 2.17. The third-order valence-electron chi connectivity index (χ3n) is 2.75. The van der Waals surface area contributed by atoms with Crippen LogP contribution in [0.15, 0.2) is 30.8 Å². The van der Waals surface area contributed by atoms with Gasteiger partial charge in [-0.3, -0.25) is 0 Å². The molecule has 1 atom stereocenters. The molecule has 5 heteroatoms. The predicted octanol–water partition coefficient (Wildman–Crippen LogP) is 2.81. The standard InChI is InChI=1S/C14H22NO3Si/c1-5-12-7-9-14(10-8-12)15-13(6-2)11-18-19(16-3)17-4/h5,7-10,13,15H,1,6,11H2,2-4H3. The van der Waals surface area contributed by atoms with E-state index in [9.17, 15) is 0 Å². The fourth-order valence-corrected chi connectivity index (χ4v) is 2.32. The van der Waals surface area contributed by atoms with Gasteiger partial charge in [0.25, 0.3) is 0 Å². The number of hydrogen-bond donors (Lipinski definition) is 1. The molecule has 4 nitrogen and oxygen atoms in total. The fraction of sp³-hybridized carbons (Fsp3) is 0.429. The van der Waals surface area contributed by atoms with Crippen molar-refractivity contribution >= 4 is 21.3 Å². The van der Waals surface area contributed by atoms with Crippen molar-refractivity contribution < 1.29 is 13.3 Å². The fourth-order valence-electron chi connectivity index (χ4n) is 1.58. The van der Waals surface area contributed by atoms with E-state index in [4.69, 9.17) is 13.3 Å². The number of rotatable bonds is 9. The summed E-state index contributed by atoms with van der Waals surface area (Å²) in [6.45, 7) is 6.42. The lowest BCUT2D eigenvalue weighted by molar-refractivity contribution is 0.130. The lowest BCUT2D eigenvalue weighted by Gasteiger charge is -2.20. The third-order valence-corrected chi connectivity index (χ3v) is 3.81. The Balaban J connectivity index is 2.48. The summed E-state index contributed by atoms with van der Waals surface area (Å²) < 4.78 is 15.8. The van der Waals surface area contributed by atoms with Crippen LogP contribution in [0.3, 0.4) is 0 Å². The second-order valence-electron chi connectivity index (χ2n) is 4.04. The zero-order chi connectivity index (χ0) is 14.1. The molecule has 1 rings (SSSR count). The largest absolute Gasteiger partial charge is 0.577 e. The van der Waals surface area contributed by atoms with Crippen LogP contribution in [0, 0.1) is 0 Å². The van der Waals surface area contributed by atoms with Crippen LogP contribution in [-0.4, -0.2) is 36.4 Å². The summed E-state index contributed by atoms with van der Waals surface area (Å²) in [5, 5.41) is 3.43. The van der Waals surface area contributed by atoms with Crippen molar-refractivity contribution in [2.45, 2.75) is 19.4 Å². The van der Waals surface area contributed by atoms with Crippen LogP contribution in [0.2, 0.25) is 0 Å². The molecule has 0 saturated heterocycles. The SMILES string of the molecule is C=Cc1ccc(NC(CC)CO[Si](OC)OC)cc1. The Morgan fingerprint density at radius 3 is 2.37 bits per heavy atom. The Morgan fingerprint density at radius 2 is 1.89 bits per heavy atom. The van der Waals surface area contributed by atoms with E-state index < -0.39 is 9.53 Å². The predicted molar refractivity (Wildman–Crippen MR) is 80.0 cm³/mol. The number of benzene rings is 1. The van der Waals surface area contributed by atoms with Crippen molar-refractivity contribution in [1.82, 2.24) is 0 Å². The van der Waals surface area contributed by atoms with Crippen LogP contribution in [0.1, 0.15) is 18.9 Å². The molecule has 0 amide bonds. The van der Waals surface area contributed by atoms with Crippen LogP contribution in [0.25, 0.3) is 6.08 Å². The summed E-state index contributed by atoms with van der Waals surface area (Å²) in [5.41, 5.74) is 2.18. The normalized spacial score (nSPS) is 12.4. The third kappa shape index (κ3) is 5.57. The van der Waals surface area contributed by atoms with Crippen molar-refractivity contribution in [2.24, 2.45) is 0 Å². The Labute approximate surface area is 117 Å². The molecule has 0 aliphatic carbocycles. The monoisotopic (exact) mass is 280 g/mol. The summed E-state index contributed by atoms with van der Waals surface area (Å²) >= 11 is 0. The van der Waals surface area contributed by atoms with Crippen molar-refractivity contribution in [1.29, 1.82) is 0 Å². The van der Waals surface area contributed by atoms with Gasteiger partial charge < -0.3 is 18.6 Å². The molecule has 0 saturated carbocycles. The highest BCUT2D eigenvalue weighted by molar-refractivity contribution is 6.36. The average molecular weight is 280 g/mol. The van der Waals surface area contributed by atoms with E-state index in [0.29, 0.717) is 6.61 Å². The van der Waals surface area contributed by atoms with Gasteiger partial charge >= 0.3 is 9.53 Å². The van der Waals surface area contributed by atoms with Crippen LogP contribution in [0.5, 0.6) is 0 Å². The van der Waals surface area contributed by atoms with Crippen molar-refractivity contribution in [2.75, 3.05) is 26.1 Å². The van der Waals surface area contributed by atoms with Gasteiger partial charge in [-0.05, 0) is 24.1 Å². The zero-order valence-corrected chi connectivity index (χ0v) is 12.8. The van der Waals surface area contributed by atoms with E-state index >= 15 is 0 Å².